The molecule has 0 fully saturated rings. The van der Waals surface area contributed by atoms with Crippen molar-refractivity contribution in [3.63, 3.8) is 0 Å². The van der Waals surface area contributed by atoms with E-state index in [0.29, 0.717) is 57.9 Å². The lowest BCUT2D eigenvalue weighted by atomic mass is 9.70. The number of anilines is 2. The Hall–Kier alpha value is -6.03. The lowest BCUT2D eigenvalue weighted by Crippen LogP contribution is -2.46. The van der Waals surface area contributed by atoms with Crippen LogP contribution in [0.25, 0.3) is 21.8 Å². The summed E-state index contributed by atoms with van der Waals surface area (Å²) in [6.45, 7) is 4.38. The summed E-state index contributed by atoms with van der Waals surface area (Å²) in [5.41, 5.74) is 6.45. The van der Waals surface area contributed by atoms with Crippen LogP contribution in [0, 0.1) is 10.8 Å². The molecule has 2 aromatic heterocycles. The fourth-order valence-corrected chi connectivity index (χ4v) is 10.2. The molecule has 2 amide bonds. The number of fused-ring (bicyclic) bond motifs is 7. The molecule has 2 aliphatic carbocycles. The van der Waals surface area contributed by atoms with Gasteiger partial charge < -0.3 is 18.8 Å². The molecule has 3 heterocycles. The molecule has 296 valence electrons. The molecule has 9 nitrogen and oxygen atoms in total. The number of benzene rings is 4. The molecule has 2 unspecified atom stereocenters. The number of nitrogens with zero attached hydrogens (tertiary/aromatic N) is 4. The smallest absolute Gasteiger partial charge is 0.333 e. The van der Waals surface area contributed by atoms with Gasteiger partial charge in [0.05, 0.1) is 16.5 Å². The number of amides is 2. The number of aromatic nitrogens is 2. The number of carbonyl (C=O) groups excluding carboxylic acids is 4. The van der Waals surface area contributed by atoms with E-state index in [0.717, 1.165) is 56.4 Å². The first-order chi connectivity index (χ1) is 28.2. The Morgan fingerprint density at radius 2 is 1.17 bits per heavy atom. The van der Waals surface area contributed by atoms with Gasteiger partial charge in [-0.25, -0.2) is 9.59 Å². The summed E-state index contributed by atoms with van der Waals surface area (Å²) in [7, 11) is 0. The number of ether oxygens (including phenoxy) is 1. The molecule has 6 aromatic rings. The Morgan fingerprint density at radius 3 is 1.78 bits per heavy atom. The van der Waals surface area contributed by atoms with Crippen LogP contribution in [0.1, 0.15) is 67.6 Å². The minimum Gasteiger partial charge on any atom is -0.390 e. The fourth-order valence-electron chi connectivity index (χ4n) is 10.2. The number of carbonyl (C=O) groups is 4. The summed E-state index contributed by atoms with van der Waals surface area (Å²) >= 11 is 0. The Labute approximate surface area is 336 Å². The van der Waals surface area contributed by atoms with E-state index in [4.69, 9.17) is 4.74 Å². The minimum absolute atomic E-state index is 0.138. The van der Waals surface area contributed by atoms with Crippen molar-refractivity contribution in [2.24, 2.45) is 10.8 Å². The first-order valence-corrected chi connectivity index (χ1v) is 20.5. The molecule has 9 rings (SSSR count). The van der Waals surface area contributed by atoms with Crippen LogP contribution in [0.4, 0.5) is 15.9 Å². The second kappa shape index (κ2) is 14.7. The zero-order valence-electron chi connectivity index (χ0n) is 33.0. The van der Waals surface area contributed by atoms with Crippen molar-refractivity contribution in [1.82, 2.24) is 9.13 Å². The monoisotopic (exact) mass is 778 g/mol. The highest BCUT2D eigenvalue weighted by molar-refractivity contribution is 6.01. The van der Waals surface area contributed by atoms with Crippen molar-refractivity contribution >= 4 is 56.9 Å². The minimum atomic E-state index is -0.953. The molecule has 10 heteroatoms. The van der Waals surface area contributed by atoms with Crippen molar-refractivity contribution < 1.29 is 28.4 Å². The average molecular weight is 779 g/mol. The molecular weight excluding hydrogens is 732 g/mol. The van der Waals surface area contributed by atoms with Crippen LogP contribution >= 0.6 is 0 Å². The predicted molar refractivity (Wildman–Crippen MR) is 222 cm³/mol. The Kier molecular flexibility index (Phi) is 9.53. The normalized spacial score (nSPS) is 19.7. The Balaban J connectivity index is 0.943. The highest BCUT2D eigenvalue weighted by Crippen LogP contribution is 2.47. The van der Waals surface area contributed by atoms with Crippen molar-refractivity contribution in [2.45, 2.75) is 84.7 Å². The quantitative estimate of drug-likeness (QED) is 0.0833. The van der Waals surface area contributed by atoms with Crippen molar-refractivity contribution in [3.8, 4) is 0 Å². The van der Waals surface area contributed by atoms with E-state index >= 15 is 4.48 Å². The maximum absolute atomic E-state index is 15.6. The summed E-state index contributed by atoms with van der Waals surface area (Å²) in [6, 6.07) is 32.1. The highest BCUT2D eigenvalue weighted by Gasteiger charge is 2.47. The molecule has 4 aromatic carbocycles. The van der Waals surface area contributed by atoms with Gasteiger partial charge in [-0.2, -0.15) is 0 Å². The van der Waals surface area contributed by atoms with E-state index in [1.807, 2.05) is 81.6 Å². The second-order valence-corrected chi connectivity index (χ2v) is 16.3. The SMILES string of the molecule is CCC1(C(=O)N(F)c2ccccc2)CCc2c(c3ccccc3n2CC(=O)OC(=O)Cn2c3c(c4ccccc42)CC(CC)(C(=O)N2CCc4ccccc42)CC3)C1. The van der Waals surface area contributed by atoms with Crippen LogP contribution in [-0.4, -0.2) is 39.4 Å². The van der Waals surface area contributed by atoms with Gasteiger partial charge >= 0.3 is 11.9 Å². The topological polar surface area (TPSA) is 93.9 Å². The number of hydrogen-bond acceptors (Lipinski definition) is 5. The third-order valence-corrected chi connectivity index (χ3v) is 13.5. The lowest BCUT2D eigenvalue weighted by molar-refractivity contribution is -0.160. The van der Waals surface area contributed by atoms with E-state index in [9.17, 15) is 19.2 Å². The number of para-hydroxylation sites is 4. The molecule has 1 aliphatic heterocycles. The molecule has 0 saturated carbocycles. The van der Waals surface area contributed by atoms with Gasteiger partial charge in [-0.3, -0.25) is 9.59 Å². The molecule has 58 heavy (non-hydrogen) atoms. The van der Waals surface area contributed by atoms with Crippen LogP contribution in [0.15, 0.2) is 103 Å². The van der Waals surface area contributed by atoms with Crippen LogP contribution in [-0.2, 0) is 69.1 Å². The standard InChI is InChI=1S/C48H47FN4O5/c1-3-47(45(56)50-27-24-32-14-8-11-19-38(32)50)25-22-41-36(28-47)34-17-9-12-20-39(34)51(41)30-43(54)58-44(55)31-52-40-21-13-10-18-35(40)37-29-48(4-2,26-23-42(37)52)46(57)53(49)33-15-6-5-7-16-33/h5-21H,3-4,22-31H2,1-2H3. The van der Waals surface area contributed by atoms with E-state index in [-0.39, 0.29) is 29.8 Å². The third kappa shape index (κ3) is 6.12. The van der Waals surface area contributed by atoms with Crippen LogP contribution in [0.2, 0.25) is 0 Å². The van der Waals surface area contributed by atoms with Crippen LogP contribution in [0.5, 0.6) is 0 Å². The van der Waals surface area contributed by atoms with Gasteiger partial charge in [-0.15, -0.1) is 5.12 Å². The molecular formula is C48H47FN4O5. The third-order valence-electron chi connectivity index (χ3n) is 13.5. The number of hydrogen-bond donors (Lipinski definition) is 0. The largest absolute Gasteiger partial charge is 0.390 e. The maximum atomic E-state index is 15.6. The van der Waals surface area contributed by atoms with E-state index in [1.54, 1.807) is 30.3 Å². The molecule has 0 N–H and O–H groups in total. The first kappa shape index (κ1) is 37.5. The van der Waals surface area contributed by atoms with Gasteiger partial charge in [0.2, 0.25) is 5.91 Å². The van der Waals surface area contributed by atoms with Crippen LogP contribution < -0.4 is 10.0 Å². The number of esters is 2. The molecule has 0 radical (unpaired) electrons. The second-order valence-electron chi connectivity index (χ2n) is 16.3. The van der Waals surface area contributed by atoms with Crippen LogP contribution in [0.3, 0.4) is 0 Å². The van der Waals surface area contributed by atoms with Gasteiger partial charge in [-0.1, -0.05) is 91.1 Å². The predicted octanol–water partition coefficient (Wildman–Crippen LogP) is 8.64. The van der Waals surface area contributed by atoms with Crippen molar-refractivity contribution in [2.75, 3.05) is 16.6 Å². The molecule has 2 atom stereocenters. The molecule has 0 bridgehead atoms. The Bertz CT molecular complexity index is 2610. The fraction of sp³-hybridized carbons (Fsp3) is 0.333. The summed E-state index contributed by atoms with van der Waals surface area (Å²) in [5, 5.41) is 2.18. The summed E-state index contributed by atoms with van der Waals surface area (Å²) < 4.78 is 25.0. The molecule has 3 aliphatic rings. The van der Waals surface area contributed by atoms with Gasteiger partial charge in [0.25, 0.3) is 5.91 Å². The van der Waals surface area contributed by atoms with Gasteiger partial charge in [0.15, 0.2) is 0 Å². The van der Waals surface area contributed by atoms with Gasteiger partial charge in [0.1, 0.15) is 13.1 Å². The highest BCUT2D eigenvalue weighted by atomic mass is 19.2. The number of rotatable bonds is 9. The van der Waals surface area contributed by atoms with E-state index in [1.165, 1.54) is 5.56 Å². The molecule has 0 spiro atoms. The molecule has 0 saturated heterocycles. The summed E-state index contributed by atoms with van der Waals surface area (Å²) in [5.74, 6) is -1.74. The van der Waals surface area contributed by atoms with Crippen molar-refractivity contribution in [3.05, 3.63) is 131 Å². The zero-order chi connectivity index (χ0) is 40.2. The zero-order valence-corrected chi connectivity index (χ0v) is 33.0. The van der Waals surface area contributed by atoms with Gasteiger partial charge in [-0.05, 0) is 105 Å². The van der Waals surface area contributed by atoms with Crippen molar-refractivity contribution in [1.29, 1.82) is 0 Å². The average Bonchev–Trinajstić information content (AvgIpc) is 3.93. The van der Waals surface area contributed by atoms with Gasteiger partial charge in [0, 0.05) is 45.4 Å². The summed E-state index contributed by atoms with van der Waals surface area (Å²) in [4.78, 5) is 57.5. The maximum Gasteiger partial charge on any atom is 0.333 e. The summed E-state index contributed by atoms with van der Waals surface area (Å²) in [6.07, 6.45) is 5.06. The van der Waals surface area contributed by atoms with E-state index < -0.39 is 28.7 Å². The lowest BCUT2D eigenvalue weighted by Gasteiger charge is -2.38. The Morgan fingerprint density at radius 1 is 0.655 bits per heavy atom. The van der Waals surface area contributed by atoms with E-state index in [2.05, 4.69) is 19.1 Å². The first-order valence-electron chi connectivity index (χ1n) is 20.5. The number of halogens is 1.